The largest absolute Gasteiger partial charge is 0.387 e. The molecule has 1 unspecified atom stereocenters. The number of aliphatic hydroxyl groups excluding tert-OH is 1. The standard InChI is InChI=1S/C24H29N3O3/c1-27-14-13-21(24(27)30)26-23(29)18-9-7-16(8-10-18)15-19-11-12-20(25-19)22(28)17-5-3-2-4-6-17/h2-10,19-22,25,28H,11-15H2,1H3,(H,26,29)/t19-,20+,21?,22+/m0/s1. The molecule has 2 aromatic rings. The van der Waals surface area contributed by atoms with Crippen molar-refractivity contribution in [2.45, 2.75) is 49.9 Å². The van der Waals surface area contributed by atoms with Gasteiger partial charge in [-0.2, -0.15) is 0 Å². The summed E-state index contributed by atoms with van der Waals surface area (Å²) in [7, 11) is 1.75. The number of benzene rings is 2. The van der Waals surface area contributed by atoms with Crippen LogP contribution in [0, 0.1) is 0 Å². The highest BCUT2D eigenvalue weighted by Gasteiger charge is 2.31. The molecule has 2 heterocycles. The molecule has 30 heavy (non-hydrogen) atoms. The van der Waals surface area contributed by atoms with Crippen LogP contribution in [0.4, 0.5) is 0 Å². The molecule has 2 aliphatic heterocycles. The first kappa shape index (κ1) is 20.6. The van der Waals surface area contributed by atoms with Gasteiger partial charge in [0.1, 0.15) is 6.04 Å². The van der Waals surface area contributed by atoms with E-state index in [4.69, 9.17) is 0 Å². The summed E-state index contributed by atoms with van der Waals surface area (Å²) in [5, 5.41) is 17.0. The molecule has 3 N–H and O–H groups in total. The van der Waals surface area contributed by atoms with Gasteiger partial charge in [0.2, 0.25) is 5.91 Å². The van der Waals surface area contributed by atoms with Crippen molar-refractivity contribution in [1.29, 1.82) is 0 Å². The molecule has 0 saturated carbocycles. The van der Waals surface area contributed by atoms with Crippen LogP contribution in [0.2, 0.25) is 0 Å². The monoisotopic (exact) mass is 407 g/mol. The zero-order chi connectivity index (χ0) is 21.1. The molecular weight excluding hydrogens is 378 g/mol. The van der Waals surface area contributed by atoms with Crippen LogP contribution >= 0.6 is 0 Å². The van der Waals surface area contributed by atoms with Crippen LogP contribution in [0.3, 0.4) is 0 Å². The van der Waals surface area contributed by atoms with Gasteiger partial charge in [-0.3, -0.25) is 9.59 Å². The maximum atomic E-state index is 12.4. The molecule has 2 aromatic carbocycles. The number of hydrogen-bond acceptors (Lipinski definition) is 4. The average molecular weight is 408 g/mol. The van der Waals surface area contributed by atoms with Crippen LogP contribution in [-0.2, 0) is 11.2 Å². The summed E-state index contributed by atoms with van der Waals surface area (Å²) in [6.07, 6.45) is 2.95. The van der Waals surface area contributed by atoms with E-state index in [0.717, 1.165) is 30.4 Å². The SMILES string of the molecule is CN1CCC(NC(=O)c2ccc(C[C@@H]3CC[C@H]([C@H](O)c4ccccc4)N3)cc2)C1=O. The van der Waals surface area contributed by atoms with Crippen molar-refractivity contribution in [3.05, 3.63) is 71.3 Å². The molecule has 2 amide bonds. The van der Waals surface area contributed by atoms with Gasteiger partial charge in [0.25, 0.3) is 5.91 Å². The summed E-state index contributed by atoms with van der Waals surface area (Å²) in [6, 6.07) is 17.3. The van der Waals surface area contributed by atoms with Crippen LogP contribution in [-0.4, -0.2) is 53.5 Å². The van der Waals surface area contributed by atoms with E-state index >= 15 is 0 Å². The van der Waals surface area contributed by atoms with Gasteiger partial charge in [-0.25, -0.2) is 0 Å². The topological polar surface area (TPSA) is 81.7 Å². The molecule has 2 fully saturated rings. The Kier molecular flexibility index (Phi) is 6.16. The van der Waals surface area contributed by atoms with Crippen molar-refractivity contribution < 1.29 is 14.7 Å². The fourth-order valence-electron chi connectivity index (χ4n) is 4.42. The van der Waals surface area contributed by atoms with Gasteiger partial charge in [-0.15, -0.1) is 0 Å². The molecule has 4 rings (SSSR count). The van der Waals surface area contributed by atoms with Crippen LogP contribution in [0.25, 0.3) is 0 Å². The lowest BCUT2D eigenvalue weighted by Crippen LogP contribution is -2.40. The van der Waals surface area contributed by atoms with E-state index in [1.807, 2.05) is 54.6 Å². The summed E-state index contributed by atoms with van der Waals surface area (Å²) in [5.41, 5.74) is 2.66. The van der Waals surface area contributed by atoms with E-state index in [2.05, 4.69) is 10.6 Å². The van der Waals surface area contributed by atoms with Gasteiger partial charge in [-0.1, -0.05) is 42.5 Å². The molecule has 0 aromatic heterocycles. The zero-order valence-corrected chi connectivity index (χ0v) is 17.3. The van der Waals surface area contributed by atoms with E-state index in [0.29, 0.717) is 24.6 Å². The third-order valence-corrected chi connectivity index (χ3v) is 6.23. The lowest BCUT2D eigenvalue weighted by atomic mass is 10.0. The van der Waals surface area contributed by atoms with Gasteiger partial charge in [0.15, 0.2) is 0 Å². The van der Waals surface area contributed by atoms with Crippen molar-refractivity contribution in [3.63, 3.8) is 0 Å². The highest BCUT2D eigenvalue weighted by atomic mass is 16.3. The predicted molar refractivity (Wildman–Crippen MR) is 115 cm³/mol. The molecule has 0 radical (unpaired) electrons. The first-order chi connectivity index (χ1) is 14.5. The summed E-state index contributed by atoms with van der Waals surface area (Å²) in [5.74, 6) is -0.236. The molecule has 0 spiro atoms. The number of rotatable bonds is 6. The van der Waals surface area contributed by atoms with Crippen molar-refractivity contribution in [1.82, 2.24) is 15.5 Å². The Labute approximate surface area is 177 Å². The molecule has 0 aliphatic carbocycles. The Hall–Kier alpha value is -2.70. The molecule has 2 aliphatic rings. The number of amides is 2. The Morgan fingerprint density at radius 3 is 2.53 bits per heavy atom. The maximum absolute atomic E-state index is 12.4. The number of hydrogen-bond donors (Lipinski definition) is 3. The Bertz CT molecular complexity index is 884. The summed E-state index contributed by atoms with van der Waals surface area (Å²) < 4.78 is 0. The smallest absolute Gasteiger partial charge is 0.251 e. The van der Waals surface area contributed by atoms with Crippen molar-refractivity contribution >= 4 is 11.8 Å². The second-order valence-electron chi connectivity index (χ2n) is 8.38. The van der Waals surface area contributed by atoms with Crippen LogP contribution in [0.15, 0.2) is 54.6 Å². The van der Waals surface area contributed by atoms with Crippen LogP contribution < -0.4 is 10.6 Å². The lowest BCUT2D eigenvalue weighted by Gasteiger charge is -2.20. The first-order valence-electron chi connectivity index (χ1n) is 10.6. The minimum absolute atomic E-state index is 0.0282. The summed E-state index contributed by atoms with van der Waals surface area (Å²) in [4.78, 5) is 26.1. The highest BCUT2D eigenvalue weighted by molar-refractivity contribution is 5.98. The zero-order valence-electron chi connectivity index (χ0n) is 17.3. The molecule has 0 bridgehead atoms. The number of carbonyl (C=O) groups is 2. The summed E-state index contributed by atoms with van der Waals surface area (Å²) in [6.45, 7) is 0.678. The highest BCUT2D eigenvalue weighted by Crippen LogP contribution is 2.26. The third-order valence-electron chi connectivity index (χ3n) is 6.23. The van der Waals surface area contributed by atoms with E-state index in [9.17, 15) is 14.7 Å². The van der Waals surface area contributed by atoms with Crippen molar-refractivity contribution in [3.8, 4) is 0 Å². The number of aliphatic hydroxyl groups is 1. The van der Waals surface area contributed by atoms with E-state index in [1.54, 1.807) is 11.9 Å². The van der Waals surface area contributed by atoms with Gasteiger partial charge < -0.3 is 20.6 Å². The molecule has 6 heteroatoms. The molecule has 158 valence electrons. The molecule has 2 saturated heterocycles. The van der Waals surface area contributed by atoms with Gasteiger partial charge in [0.05, 0.1) is 6.10 Å². The second-order valence-corrected chi connectivity index (χ2v) is 8.38. The first-order valence-corrected chi connectivity index (χ1v) is 10.6. The number of nitrogens with zero attached hydrogens (tertiary/aromatic N) is 1. The van der Waals surface area contributed by atoms with E-state index in [1.165, 1.54) is 0 Å². The number of nitrogens with one attached hydrogen (secondary N) is 2. The quantitative estimate of drug-likeness (QED) is 0.685. The third kappa shape index (κ3) is 4.55. The average Bonchev–Trinajstić information content (AvgIpc) is 3.36. The van der Waals surface area contributed by atoms with E-state index < -0.39 is 12.1 Å². The van der Waals surface area contributed by atoms with Gasteiger partial charge in [-0.05, 0) is 48.9 Å². The van der Waals surface area contributed by atoms with Gasteiger partial charge >= 0.3 is 0 Å². The minimum atomic E-state index is -0.500. The van der Waals surface area contributed by atoms with Crippen LogP contribution in [0.5, 0.6) is 0 Å². The number of carbonyl (C=O) groups excluding carboxylic acids is 2. The fourth-order valence-corrected chi connectivity index (χ4v) is 4.42. The lowest BCUT2D eigenvalue weighted by molar-refractivity contribution is -0.128. The van der Waals surface area contributed by atoms with E-state index in [-0.39, 0.29) is 17.9 Å². The molecule has 4 atom stereocenters. The Morgan fingerprint density at radius 2 is 1.87 bits per heavy atom. The molecule has 6 nitrogen and oxygen atoms in total. The minimum Gasteiger partial charge on any atom is -0.387 e. The fraction of sp³-hybridized carbons (Fsp3) is 0.417. The second kappa shape index (κ2) is 8.98. The van der Waals surface area contributed by atoms with Crippen molar-refractivity contribution in [2.75, 3.05) is 13.6 Å². The normalized spacial score (nSPS) is 24.8. The van der Waals surface area contributed by atoms with Gasteiger partial charge in [0, 0.05) is 31.2 Å². The molecular formula is C24H29N3O3. The summed E-state index contributed by atoms with van der Waals surface area (Å²) >= 11 is 0. The Balaban J connectivity index is 1.30. The number of likely N-dealkylation sites (tertiary alicyclic amines) is 1. The predicted octanol–water partition coefficient (Wildman–Crippen LogP) is 2.04. The Morgan fingerprint density at radius 1 is 1.13 bits per heavy atom. The van der Waals surface area contributed by atoms with Crippen LogP contribution in [0.1, 0.15) is 46.9 Å². The van der Waals surface area contributed by atoms with Crippen molar-refractivity contribution in [2.24, 2.45) is 0 Å². The maximum Gasteiger partial charge on any atom is 0.251 e. The number of likely N-dealkylation sites (N-methyl/N-ethyl adjacent to an activating group) is 1.